The highest BCUT2D eigenvalue weighted by Gasteiger charge is 2.19. The highest BCUT2D eigenvalue weighted by Crippen LogP contribution is 2.25. The Morgan fingerprint density at radius 3 is 2.45 bits per heavy atom. The van der Waals surface area contributed by atoms with Crippen LogP contribution in [0, 0.1) is 13.8 Å². The van der Waals surface area contributed by atoms with Gasteiger partial charge in [0.1, 0.15) is 5.69 Å². The lowest BCUT2D eigenvalue weighted by molar-refractivity contribution is -0.115. The molecule has 3 rings (SSSR count). The predicted molar refractivity (Wildman–Crippen MR) is 105 cm³/mol. The third-order valence-corrected chi connectivity index (χ3v) is 4.43. The van der Waals surface area contributed by atoms with Crippen LogP contribution in [0.5, 0.6) is 0 Å². The van der Waals surface area contributed by atoms with Gasteiger partial charge < -0.3 is 19.3 Å². The molecule has 0 radical (unpaired) electrons. The summed E-state index contributed by atoms with van der Waals surface area (Å²) in [6, 6.07) is 8.02. The fourth-order valence-corrected chi connectivity index (χ4v) is 3.17. The number of fused-ring (bicyclic) bond motifs is 1. The van der Waals surface area contributed by atoms with Crippen molar-refractivity contribution in [3.8, 4) is 0 Å². The Morgan fingerprint density at radius 1 is 1.03 bits per heavy atom. The van der Waals surface area contributed by atoms with E-state index in [1.807, 2.05) is 26.0 Å². The number of hydrogen-bond acceptors (Lipinski definition) is 7. The van der Waals surface area contributed by atoms with Crippen molar-refractivity contribution in [3.05, 3.63) is 58.3 Å². The second-order valence-corrected chi connectivity index (χ2v) is 6.55. The lowest BCUT2D eigenvalue weighted by atomic mass is 10.0. The number of aromatic nitrogens is 1. The molecule has 3 aromatic rings. The van der Waals surface area contributed by atoms with Gasteiger partial charge in [0.05, 0.1) is 37.5 Å². The van der Waals surface area contributed by atoms with Crippen LogP contribution in [0.3, 0.4) is 0 Å². The van der Waals surface area contributed by atoms with Crippen LogP contribution in [0.1, 0.15) is 37.5 Å². The molecule has 150 valence electrons. The van der Waals surface area contributed by atoms with Crippen LogP contribution in [0.2, 0.25) is 0 Å². The summed E-state index contributed by atoms with van der Waals surface area (Å²) in [4.78, 5) is 36.5. The van der Waals surface area contributed by atoms with E-state index in [1.165, 1.54) is 32.4 Å². The molecule has 8 heteroatoms. The molecule has 0 unspecified atom stereocenters. The average Bonchev–Trinajstić information content (AvgIpc) is 3.09. The van der Waals surface area contributed by atoms with Gasteiger partial charge in [0, 0.05) is 5.39 Å². The minimum atomic E-state index is -0.644. The van der Waals surface area contributed by atoms with Crippen LogP contribution >= 0.6 is 0 Å². The Hall–Kier alpha value is -3.68. The second-order valence-electron chi connectivity index (χ2n) is 6.55. The van der Waals surface area contributed by atoms with E-state index in [-0.39, 0.29) is 23.2 Å². The molecule has 1 N–H and O–H groups in total. The number of hydrogen-bond donors (Lipinski definition) is 1. The first-order chi connectivity index (χ1) is 13.8. The molecular formula is C21H20N2O6. The molecule has 0 saturated heterocycles. The third-order valence-electron chi connectivity index (χ3n) is 4.43. The van der Waals surface area contributed by atoms with Gasteiger partial charge in [-0.15, -0.1) is 0 Å². The standard InChI is InChI=1S/C21H20N2O6/c1-11-7-12(2)19-16(23-29-17(19)8-11)10-18(24)22-15-9-13(20(25)27-3)5-6-14(15)21(26)28-4/h5-9H,10H2,1-4H3,(H,22,24). The molecule has 0 aliphatic rings. The Balaban J connectivity index is 1.90. The van der Waals surface area contributed by atoms with Gasteiger partial charge in [0.2, 0.25) is 5.91 Å². The molecule has 0 spiro atoms. The molecule has 8 nitrogen and oxygen atoms in total. The van der Waals surface area contributed by atoms with E-state index in [2.05, 4.69) is 15.2 Å². The number of aryl methyl sites for hydroxylation is 2. The first-order valence-electron chi connectivity index (χ1n) is 8.80. The van der Waals surface area contributed by atoms with Gasteiger partial charge in [0.25, 0.3) is 0 Å². The highest BCUT2D eigenvalue weighted by molar-refractivity contribution is 6.04. The molecule has 0 aliphatic heterocycles. The summed E-state index contributed by atoms with van der Waals surface area (Å²) in [5, 5.41) is 7.44. The summed E-state index contributed by atoms with van der Waals surface area (Å²) in [7, 11) is 2.48. The summed E-state index contributed by atoms with van der Waals surface area (Å²) in [6.07, 6.45) is -0.0695. The van der Waals surface area contributed by atoms with E-state index >= 15 is 0 Å². The van der Waals surface area contributed by atoms with Crippen LogP contribution in [-0.4, -0.2) is 37.2 Å². The van der Waals surface area contributed by atoms with Crippen molar-refractivity contribution in [3.63, 3.8) is 0 Å². The summed E-state index contributed by atoms with van der Waals surface area (Å²) in [5.41, 5.74) is 3.52. The topological polar surface area (TPSA) is 108 Å². The summed E-state index contributed by atoms with van der Waals surface area (Å²) in [5.74, 6) is -1.66. The Kier molecular flexibility index (Phi) is 5.63. The van der Waals surface area contributed by atoms with Crippen molar-refractivity contribution < 1.29 is 28.4 Å². The van der Waals surface area contributed by atoms with Crippen molar-refractivity contribution in [2.75, 3.05) is 19.5 Å². The van der Waals surface area contributed by atoms with Gasteiger partial charge in [-0.3, -0.25) is 4.79 Å². The smallest absolute Gasteiger partial charge is 0.339 e. The number of esters is 2. The van der Waals surface area contributed by atoms with Crippen LogP contribution in [0.15, 0.2) is 34.9 Å². The maximum atomic E-state index is 12.7. The molecule has 29 heavy (non-hydrogen) atoms. The molecule has 1 heterocycles. The van der Waals surface area contributed by atoms with Crippen LogP contribution in [-0.2, 0) is 20.7 Å². The highest BCUT2D eigenvalue weighted by atomic mass is 16.5. The Morgan fingerprint density at radius 2 is 1.76 bits per heavy atom. The Bertz CT molecular complexity index is 1120. The normalized spacial score (nSPS) is 10.6. The number of amides is 1. The minimum Gasteiger partial charge on any atom is -0.465 e. The molecular weight excluding hydrogens is 376 g/mol. The number of carbonyl (C=O) groups is 3. The van der Waals surface area contributed by atoms with E-state index in [4.69, 9.17) is 9.26 Å². The van der Waals surface area contributed by atoms with Gasteiger partial charge in [-0.05, 0) is 49.2 Å². The number of ether oxygens (including phenoxy) is 2. The van der Waals surface area contributed by atoms with Crippen molar-refractivity contribution in [2.45, 2.75) is 20.3 Å². The molecule has 0 bridgehead atoms. The number of carbonyl (C=O) groups excluding carboxylic acids is 3. The maximum Gasteiger partial charge on any atom is 0.339 e. The zero-order chi connectivity index (χ0) is 21.1. The quantitative estimate of drug-likeness (QED) is 0.660. The molecule has 1 aromatic heterocycles. The van der Waals surface area contributed by atoms with Gasteiger partial charge in [-0.1, -0.05) is 11.2 Å². The summed E-state index contributed by atoms with van der Waals surface area (Å²) in [6.45, 7) is 3.87. The first-order valence-corrected chi connectivity index (χ1v) is 8.80. The fraction of sp³-hybridized carbons (Fsp3) is 0.238. The summed E-state index contributed by atoms with van der Waals surface area (Å²) >= 11 is 0. The van der Waals surface area contributed by atoms with Gasteiger partial charge >= 0.3 is 11.9 Å². The molecule has 1 amide bonds. The summed E-state index contributed by atoms with van der Waals surface area (Å²) < 4.78 is 14.8. The van der Waals surface area contributed by atoms with Crippen LogP contribution in [0.25, 0.3) is 11.0 Å². The van der Waals surface area contributed by atoms with E-state index in [0.29, 0.717) is 11.3 Å². The number of nitrogens with one attached hydrogen (secondary N) is 1. The zero-order valence-electron chi connectivity index (χ0n) is 16.5. The van der Waals surface area contributed by atoms with Crippen molar-refractivity contribution in [2.24, 2.45) is 0 Å². The predicted octanol–water partition coefficient (Wildman–Crippen LogP) is 3.20. The van der Waals surface area contributed by atoms with E-state index in [9.17, 15) is 14.4 Å². The largest absolute Gasteiger partial charge is 0.465 e. The van der Waals surface area contributed by atoms with E-state index < -0.39 is 17.8 Å². The van der Waals surface area contributed by atoms with Crippen LogP contribution < -0.4 is 5.32 Å². The number of rotatable bonds is 5. The average molecular weight is 396 g/mol. The molecule has 2 aromatic carbocycles. The van der Waals surface area contributed by atoms with Crippen LogP contribution in [0.4, 0.5) is 5.69 Å². The third kappa shape index (κ3) is 4.11. The fourth-order valence-electron chi connectivity index (χ4n) is 3.17. The number of benzene rings is 2. The van der Waals surface area contributed by atoms with Crippen molar-refractivity contribution in [1.29, 1.82) is 0 Å². The van der Waals surface area contributed by atoms with E-state index in [1.54, 1.807) is 0 Å². The van der Waals surface area contributed by atoms with Gasteiger partial charge in [-0.2, -0.15) is 0 Å². The second kappa shape index (κ2) is 8.14. The first kappa shape index (κ1) is 20.1. The van der Waals surface area contributed by atoms with Gasteiger partial charge in [-0.25, -0.2) is 9.59 Å². The Labute approximate surface area is 166 Å². The molecule has 0 atom stereocenters. The van der Waals surface area contributed by atoms with Crippen molar-refractivity contribution >= 4 is 34.5 Å². The minimum absolute atomic E-state index is 0.0695. The lowest BCUT2D eigenvalue weighted by Crippen LogP contribution is -2.18. The SMILES string of the molecule is COC(=O)c1ccc(C(=O)OC)c(NC(=O)Cc2noc3cc(C)cc(C)c23)c1. The zero-order valence-corrected chi connectivity index (χ0v) is 16.5. The number of anilines is 1. The maximum absolute atomic E-state index is 12.7. The molecule has 0 saturated carbocycles. The lowest BCUT2D eigenvalue weighted by Gasteiger charge is -2.11. The molecule has 0 fully saturated rings. The monoisotopic (exact) mass is 396 g/mol. The van der Waals surface area contributed by atoms with E-state index in [0.717, 1.165) is 16.5 Å². The van der Waals surface area contributed by atoms with Gasteiger partial charge in [0.15, 0.2) is 5.58 Å². The van der Waals surface area contributed by atoms with Crippen molar-refractivity contribution in [1.82, 2.24) is 5.16 Å². The number of nitrogens with zero attached hydrogens (tertiary/aromatic N) is 1. The molecule has 0 aliphatic carbocycles. The number of methoxy groups -OCH3 is 2.